The van der Waals surface area contributed by atoms with Gasteiger partial charge in [0.25, 0.3) is 0 Å². The Morgan fingerprint density at radius 2 is 1.85 bits per heavy atom. The van der Waals surface area contributed by atoms with Gasteiger partial charge in [-0.2, -0.15) is 0 Å². The summed E-state index contributed by atoms with van der Waals surface area (Å²) in [5.41, 5.74) is 1.73. The predicted molar refractivity (Wildman–Crippen MR) is 98.2 cm³/mol. The Hall–Kier alpha value is -2.86. The summed E-state index contributed by atoms with van der Waals surface area (Å²) in [6, 6.07) is 14.7. The van der Waals surface area contributed by atoms with Gasteiger partial charge in [0.05, 0.1) is 0 Å². The molecule has 1 amide bonds. The molecule has 26 heavy (non-hydrogen) atoms. The van der Waals surface area contributed by atoms with Gasteiger partial charge in [0, 0.05) is 30.5 Å². The zero-order valence-corrected chi connectivity index (χ0v) is 15.0. The number of amides is 1. The summed E-state index contributed by atoms with van der Waals surface area (Å²) in [6.07, 6.45) is 0.686. The number of carbonyl (C=O) groups excluding carboxylic acids is 1. The normalized spacial score (nSPS) is 10.5. The number of halogens is 1. The Morgan fingerprint density at radius 1 is 1.12 bits per heavy atom. The highest BCUT2D eigenvalue weighted by molar-refractivity contribution is 6.30. The van der Waals surface area contributed by atoms with Gasteiger partial charge in [-0.1, -0.05) is 23.7 Å². The van der Waals surface area contributed by atoms with Crippen LogP contribution in [-0.2, 0) is 17.8 Å². The average molecular weight is 372 g/mol. The number of nitrogens with zero attached hydrogens (tertiary/aromatic N) is 2. The minimum Gasteiger partial charge on any atom is -0.489 e. The lowest BCUT2D eigenvalue weighted by atomic mass is 10.2. The Balaban J connectivity index is 1.46. The number of benzene rings is 2. The van der Waals surface area contributed by atoms with Crippen LogP contribution in [0, 0.1) is 6.92 Å². The van der Waals surface area contributed by atoms with Crippen molar-refractivity contribution in [2.75, 3.05) is 5.32 Å². The van der Waals surface area contributed by atoms with Crippen molar-refractivity contribution in [2.45, 2.75) is 26.4 Å². The van der Waals surface area contributed by atoms with Crippen LogP contribution in [0.5, 0.6) is 5.75 Å². The number of carbonyl (C=O) groups is 1. The molecule has 0 atom stereocenters. The molecular weight excluding hydrogens is 354 g/mol. The largest absolute Gasteiger partial charge is 0.489 e. The van der Waals surface area contributed by atoms with Crippen LogP contribution in [-0.4, -0.2) is 16.1 Å². The van der Waals surface area contributed by atoms with Gasteiger partial charge in [0.2, 0.25) is 17.7 Å². The van der Waals surface area contributed by atoms with Crippen LogP contribution in [0.2, 0.25) is 5.02 Å². The van der Waals surface area contributed by atoms with E-state index < -0.39 is 0 Å². The molecule has 0 saturated heterocycles. The molecule has 0 radical (unpaired) electrons. The SMILES string of the molecule is Cc1nnc(CCC(=O)Nc2ccc(OCc3ccc(Cl)cc3)cc2)o1. The van der Waals surface area contributed by atoms with Crippen LogP contribution in [0.1, 0.15) is 23.8 Å². The fourth-order valence-corrected chi connectivity index (χ4v) is 2.39. The zero-order chi connectivity index (χ0) is 18.4. The maximum Gasteiger partial charge on any atom is 0.224 e. The maximum absolute atomic E-state index is 12.0. The Kier molecular flexibility index (Phi) is 5.86. The van der Waals surface area contributed by atoms with Crippen LogP contribution >= 0.6 is 11.6 Å². The fourth-order valence-electron chi connectivity index (χ4n) is 2.26. The molecule has 0 spiro atoms. The van der Waals surface area contributed by atoms with E-state index in [1.165, 1.54) is 0 Å². The fraction of sp³-hybridized carbons (Fsp3) is 0.211. The molecule has 0 aliphatic heterocycles. The average Bonchev–Trinajstić information content (AvgIpc) is 3.06. The molecule has 1 N–H and O–H groups in total. The van der Waals surface area contributed by atoms with E-state index in [1.54, 1.807) is 19.1 Å². The van der Waals surface area contributed by atoms with Crippen molar-refractivity contribution < 1.29 is 13.9 Å². The third-order valence-corrected chi connectivity index (χ3v) is 3.84. The number of aromatic nitrogens is 2. The minimum absolute atomic E-state index is 0.115. The first-order valence-corrected chi connectivity index (χ1v) is 8.52. The number of hydrogen-bond donors (Lipinski definition) is 1. The number of aryl methyl sites for hydroxylation is 2. The second kappa shape index (κ2) is 8.49. The van der Waals surface area contributed by atoms with Gasteiger partial charge in [-0.15, -0.1) is 10.2 Å². The van der Waals surface area contributed by atoms with E-state index in [2.05, 4.69) is 15.5 Å². The molecule has 3 rings (SSSR count). The number of anilines is 1. The lowest BCUT2D eigenvalue weighted by molar-refractivity contribution is -0.116. The van der Waals surface area contributed by atoms with Gasteiger partial charge in [-0.25, -0.2) is 0 Å². The smallest absolute Gasteiger partial charge is 0.224 e. The van der Waals surface area contributed by atoms with E-state index >= 15 is 0 Å². The standard InChI is InChI=1S/C19H18ClN3O3/c1-13-22-23-19(26-13)11-10-18(24)21-16-6-8-17(9-7-16)25-12-14-2-4-15(20)5-3-14/h2-9H,10-12H2,1H3,(H,21,24). The Bertz CT molecular complexity index is 860. The highest BCUT2D eigenvalue weighted by Gasteiger charge is 2.07. The summed E-state index contributed by atoms with van der Waals surface area (Å²) in [5.74, 6) is 1.56. The van der Waals surface area contributed by atoms with E-state index in [1.807, 2.05) is 36.4 Å². The van der Waals surface area contributed by atoms with Gasteiger partial charge < -0.3 is 14.5 Å². The van der Waals surface area contributed by atoms with Gasteiger partial charge in [0.1, 0.15) is 12.4 Å². The molecule has 3 aromatic rings. The molecule has 0 unspecified atom stereocenters. The van der Waals surface area contributed by atoms with Crippen LogP contribution in [0.15, 0.2) is 52.9 Å². The Labute approximate surface area is 156 Å². The molecule has 134 valence electrons. The maximum atomic E-state index is 12.0. The molecule has 6 nitrogen and oxygen atoms in total. The number of rotatable bonds is 7. The van der Waals surface area contributed by atoms with Crippen molar-refractivity contribution in [1.82, 2.24) is 10.2 Å². The van der Waals surface area contributed by atoms with Crippen LogP contribution in [0.25, 0.3) is 0 Å². The van der Waals surface area contributed by atoms with Gasteiger partial charge >= 0.3 is 0 Å². The van der Waals surface area contributed by atoms with E-state index in [0.29, 0.717) is 35.5 Å². The summed E-state index contributed by atoms with van der Waals surface area (Å²) >= 11 is 5.86. The van der Waals surface area contributed by atoms with E-state index in [0.717, 1.165) is 11.3 Å². The number of nitrogens with one attached hydrogen (secondary N) is 1. The summed E-state index contributed by atoms with van der Waals surface area (Å²) in [6.45, 7) is 2.17. The molecule has 0 bridgehead atoms. The lowest BCUT2D eigenvalue weighted by Gasteiger charge is -2.08. The number of ether oxygens (including phenoxy) is 1. The molecule has 0 aliphatic rings. The molecule has 1 aromatic heterocycles. The van der Waals surface area contributed by atoms with E-state index in [-0.39, 0.29) is 12.3 Å². The van der Waals surface area contributed by atoms with Crippen molar-refractivity contribution in [2.24, 2.45) is 0 Å². The van der Waals surface area contributed by atoms with Crippen molar-refractivity contribution in [1.29, 1.82) is 0 Å². The van der Waals surface area contributed by atoms with E-state index in [4.69, 9.17) is 20.8 Å². The summed E-state index contributed by atoms with van der Waals surface area (Å²) < 4.78 is 11.0. The number of hydrogen-bond acceptors (Lipinski definition) is 5. The summed E-state index contributed by atoms with van der Waals surface area (Å²) in [5, 5.41) is 11.1. The third-order valence-electron chi connectivity index (χ3n) is 3.59. The molecule has 0 saturated carbocycles. The first-order valence-electron chi connectivity index (χ1n) is 8.14. The topological polar surface area (TPSA) is 77.2 Å². The summed E-state index contributed by atoms with van der Waals surface area (Å²) in [4.78, 5) is 12.0. The van der Waals surface area contributed by atoms with Crippen LogP contribution in [0.4, 0.5) is 5.69 Å². The van der Waals surface area contributed by atoms with Crippen LogP contribution < -0.4 is 10.1 Å². The highest BCUT2D eigenvalue weighted by atomic mass is 35.5. The van der Waals surface area contributed by atoms with Crippen molar-refractivity contribution >= 4 is 23.2 Å². The van der Waals surface area contributed by atoms with Gasteiger partial charge in [0.15, 0.2) is 0 Å². The van der Waals surface area contributed by atoms with E-state index in [9.17, 15) is 4.79 Å². The summed E-state index contributed by atoms with van der Waals surface area (Å²) in [7, 11) is 0. The first kappa shape index (κ1) is 17.9. The zero-order valence-electron chi connectivity index (χ0n) is 14.2. The quantitative estimate of drug-likeness (QED) is 0.674. The second-order valence-electron chi connectivity index (χ2n) is 5.70. The van der Waals surface area contributed by atoms with Gasteiger partial charge in [-0.3, -0.25) is 4.79 Å². The molecule has 2 aromatic carbocycles. The third kappa shape index (κ3) is 5.32. The molecule has 7 heteroatoms. The van der Waals surface area contributed by atoms with Crippen molar-refractivity contribution in [3.63, 3.8) is 0 Å². The highest BCUT2D eigenvalue weighted by Crippen LogP contribution is 2.18. The molecular formula is C19H18ClN3O3. The minimum atomic E-state index is -0.115. The Morgan fingerprint density at radius 3 is 2.50 bits per heavy atom. The molecule has 1 heterocycles. The monoisotopic (exact) mass is 371 g/mol. The lowest BCUT2D eigenvalue weighted by Crippen LogP contribution is -2.12. The predicted octanol–water partition coefficient (Wildman–Crippen LogP) is 4.18. The van der Waals surface area contributed by atoms with Gasteiger partial charge in [-0.05, 0) is 42.0 Å². The van der Waals surface area contributed by atoms with Crippen LogP contribution in [0.3, 0.4) is 0 Å². The van der Waals surface area contributed by atoms with Crippen molar-refractivity contribution in [3.8, 4) is 5.75 Å². The first-order chi connectivity index (χ1) is 12.6. The van der Waals surface area contributed by atoms with Crippen molar-refractivity contribution in [3.05, 3.63) is 70.9 Å². The molecule has 0 aliphatic carbocycles. The molecule has 0 fully saturated rings. The second-order valence-corrected chi connectivity index (χ2v) is 6.14.